The Hall–Kier alpha value is -2.66. The topological polar surface area (TPSA) is 49.3 Å². The third-order valence-electron chi connectivity index (χ3n) is 6.27. The smallest absolute Gasteiger partial charge is 0.225 e. The van der Waals surface area contributed by atoms with Gasteiger partial charge in [-0.05, 0) is 31.0 Å². The van der Waals surface area contributed by atoms with Gasteiger partial charge in [0, 0.05) is 48.1 Å². The van der Waals surface area contributed by atoms with E-state index in [4.69, 9.17) is 21.6 Å². The molecule has 2 aliphatic rings. The first-order valence-corrected chi connectivity index (χ1v) is 11.1. The molecule has 0 spiro atoms. The lowest BCUT2D eigenvalue weighted by atomic mass is 10.1. The summed E-state index contributed by atoms with van der Waals surface area (Å²) in [5.41, 5.74) is 1.83. The minimum absolute atomic E-state index is 0.239. The van der Waals surface area contributed by atoms with Crippen LogP contribution >= 0.6 is 11.6 Å². The van der Waals surface area contributed by atoms with E-state index in [0.29, 0.717) is 16.8 Å². The molecule has 0 atom stereocenters. The van der Waals surface area contributed by atoms with Gasteiger partial charge in [0.15, 0.2) is 5.82 Å². The van der Waals surface area contributed by atoms with Crippen LogP contribution in [-0.2, 0) is 4.79 Å². The van der Waals surface area contributed by atoms with Crippen LogP contribution in [0.2, 0.25) is 5.02 Å². The Balaban J connectivity index is 1.44. The molecule has 5 nitrogen and oxygen atoms in total. The number of hydrogen-bond donors (Lipinski definition) is 0. The Morgan fingerprint density at radius 1 is 0.933 bits per heavy atom. The van der Waals surface area contributed by atoms with Gasteiger partial charge in [-0.25, -0.2) is 9.97 Å². The number of halogens is 1. The van der Waals surface area contributed by atoms with Crippen LogP contribution in [0.5, 0.6) is 0 Å². The van der Waals surface area contributed by atoms with E-state index in [-0.39, 0.29) is 5.92 Å². The fourth-order valence-corrected chi connectivity index (χ4v) is 4.78. The molecule has 6 heteroatoms. The maximum Gasteiger partial charge on any atom is 0.225 e. The molecule has 2 fully saturated rings. The van der Waals surface area contributed by atoms with Gasteiger partial charge in [-0.15, -0.1) is 0 Å². The minimum atomic E-state index is 0.239. The Labute approximate surface area is 181 Å². The molecular weight excluding hydrogens is 396 g/mol. The van der Waals surface area contributed by atoms with Gasteiger partial charge in [-0.2, -0.15) is 0 Å². The summed E-state index contributed by atoms with van der Waals surface area (Å²) in [5, 5.41) is 1.66. The van der Waals surface area contributed by atoms with Crippen LogP contribution in [0.4, 0.5) is 5.82 Å². The third kappa shape index (κ3) is 3.74. The van der Waals surface area contributed by atoms with Crippen molar-refractivity contribution in [3.05, 3.63) is 53.6 Å². The van der Waals surface area contributed by atoms with Gasteiger partial charge in [0.25, 0.3) is 0 Å². The van der Waals surface area contributed by atoms with Crippen molar-refractivity contribution >= 4 is 34.2 Å². The summed E-state index contributed by atoms with van der Waals surface area (Å²) in [6.07, 6.45) is 4.48. The van der Waals surface area contributed by atoms with Crippen LogP contribution in [0.25, 0.3) is 22.3 Å². The van der Waals surface area contributed by atoms with Crippen molar-refractivity contribution in [2.75, 3.05) is 31.1 Å². The van der Waals surface area contributed by atoms with E-state index in [1.54, 1.807) is 0 Å². The van der Waals surface area contributed by atoms with E-state index >= 15 is 0 Å². The summed E-state index contributed by atoms with van der Waals surface area (Å²) >= 11 is 6.25. The monoisotopic (exact) mass is 420 g/mol. The summed E-state index contributed by atoms with van der Waals surface area (Å²) in [5.74, 6) is 2.20. The van der Waals surface area contributed by atoms with E-state index in [0.717, 1.165) is 61.3 Å². The number of hydrogen-bond acceptors (Lipinski definition) is 4. The molecule has 3 aromatic rings. The normalized spacial score (nSPS) is 17.6. The average molecular weight is 421 g/mol. The first-order chi connectivity index (χ1) is 14.7. The highest BCUT2D eigenvalue weighted by atomic mass is 35.5. The first-order valence-electron chi connectivity index (χ1n) is 10.8. The van der Waals surface area contributed by atoms with Gasteiger partial charge in [0.1, 0.15) is 5.82 Å². The SMILES string of the molecule is O=C(C1CCCC1)N1CCN(c2nc(-c3ccccc3)nc3cc(Cl)ccc23)CC1. The van der Waals surface area contributed by atoms with Crippen molar-refractivity contribution in [2.45, 2.75) is 25.7 Å². The predicted octanol–water partition coefficient (Wildman–Crippen LogP) is 4.79. The minimum Gasteiger partial charge on any atom is -0.352 e. The maximum atomic E-state index is 12.8. The lowest BCUT2D eigenvalue weighted by Crippen LogP contribution is -2.50. The number of carbonyl (C=O) groups excluding carboxylic acids is 1. The molecule has 1 saturated heterocycles. The van der Waals surface area contributed by atoms with Gasteiger partial charge in [0.2, 0.25) is 5.91 Å². The van der Waals surface area contributed by atoms with Crippen LogP contribution in [0, 0.1) is 5.92 Å². The van der Waals surface area contributed by atoms with E-state index in [1.165, 1.54) is 12.8 Å². The van der Waals surface area contributed by atoms with Crippen LogP contribution in [0.3, 0.4) is 0 Å². The second-order valence-corrected chi connectivity index (χ2v) is 8.63. The Kier molecular flexibility index (Phi) is 5.30. The molecule has 1 aliphatic carbocycles. The largest absolute Gasteiger partial charge is 0.352 e. The van der Waals surface area contributed by atoms with Crippen LogP contribution in [-0.4, -0.2) is 47.0 Å². The molecule has 1 amide bonds. The summed E-state index contributed by atoms with van der Waals surface area (Å²) < 4.78 is 0. The molecule has 1 saturated carbocycles. The average Bonchev–Trinajstić information content (AvgIpc) is 3.33. The van der Waals surface area contributed by atoms with E-state index in [2.05, 4.69) is 4.90 Å². The summed E-state index contributed by atoms with van der Waals surface area (Å²) in [7, 11) is 0. The Morgan fingerprint density at radius 3 is 2.40 bits per heavy atom. The number of aromatic nitrogens is 2. The highest BCUT2D eigenvalue weighted by Gasteiger charge is 2.30. The van der Waals surface area contributed by atoms with Gasteiger partial charge in [-0.1, -0.05) is 54.8 Å². The number of fused-ring (bicyclic) bond motifs is 1. The summed E-state index contributed by atoms with van der Waals surface area (Å²) in [6, 6.07) is 15.8. The molecule has 5 rings (SSSR count). The van der Waals surface area contributed by atoms with Gasteiger partial charge in [0.05, 0.1) is 5.52 Å². The number of piperazine rings is 1. The van der Waals surface area contributed by atoms with Crippen molar-refractivity contribution in [3.63, 3.8) is 0 Å². The summed E-state index contributed by atoms with van der Waals surface area (Å²) in [4.78, 5) is 26.8. The number of benzene rings is 2. The molecule has 0 radical (unpaired) electrons. The lowest BCUT2D eigenvalue weighted by Gasteiger charge is -2.37. The van der Waals surface area contributed by atoms with E-state index < -0.39 is 0 Å². The fraction of sp³-hybridized carbons (Fsp3) is 0.375. The third-order valence-corrected chi connectivity index (χ3v) is 6.50. The van der Waals surface area contributed by atoms with E-state index in [1.807, 2.05) is 53.4 Å². The molecule has 0 bridgehead atoms. The maximum absolute atomic E-state index is 12.8. The summed E-state index contributed by atoms with van der Waals surface area (Å²) in [6.45, 7) is 3.05. The number of carbonyl (C=O) groups is 1. The molecule has 2 heterocycles. The van der Waals surface area contributed by atoms with Crippen molar-refractivity contribution in [3.8, 4) is 11.4 Å². The molecule has 30 heavy (non-hydrogen) atoms. The number of rotatable bonds is 3. The molecule has 1 aromatic heterocycles. The zero-order chi connectivity index (χ0) is 20.5. The van der Waals surface area contributed by atoms with Crippen molar-refractivity contribution in [1.29, 1.82) is 0 Å². The fourth-order valence-electron chi connectivity index (χ4n) is 4.61. The predicted molar refractivity (Wildman–Crippen MR) is 121 cm³/mol. The van der Waals surface area contributed by atoms with Crippen molar-refractivity contribution in [1.82, 2.24) is 14.9 Å². The van der Waals surface area contributed by atoms with Crippen molar-refractivity contribution < 1.29 is 4.79 Å². The standard InChI is InChI=1S/C24H25ClN4O/c25-19-10-11-20-21(16-19)26-22(17-6-2-1-3-7-17)27-23(20)28-12-14-29(15-13-28)24(30)18-8-4-5-9-18/h1-3,6-7,10-11,16,18H,4-5,8-9,12-15H2. The van der Waals surface area contributed by atoms with Crippen LogP contribution in [0.15, 0.2) is 48.5 Å². The van der Waals surface area contributed by atoms with Crippen LogP contribution in [0.1, 0.15) is 25.7 Å². The molecule has 0 N–H and O–H groups in total. The zero-order valence-corrected chi connectivity index (χ0v) is 17.7. The Morgan fingerprint density at radius 2 is 1.67 bits per heavy atom. The molecule has 0 unspecified atom stereocenters. The molecule has 2 aromatic carbocycles. The highest BCUT2D eigenvalue weighted by Crippen LogP contribution is 2.31. The Bertz CT molecular complexity index is 1060. The highest BCUT2D eigenvalue weighted by molar-refractivity contribution is 6.31. The van der Waals surface area contributed by atoms with Crippen molar-refractivity contribution in [2.24, 2.45) is 5.92 Å². The molecule has 154 valence electrons. The number of nitrogens with zero attached hydrogens (tertiary/aromatic N) is 4. The zero-order valence-electron chi connectivity index (χ0n) is 16.9. The van der Waals surface area contributed by atoms with E-state index in [9.17, 15) is 4.79 Å². The quantitative estimate of drug-likeness (QED) is 0.611. The number of anilines is 1. The second-order valence-electron chi connectivity index (χ2n) is 8.19. The van der Waals surface area contributed by atoms with Crippen LogP contribution < -0.4 is 4.90 Å². The first kappa shape index (κ1) is 19.3. The molecular formula is C24H25ClN4O. The number of amides is 1. The second kappa shape index (κ2) is 8.23. The molecule has 1 aliphatic heterocycles. The lowest BCUT2D eigenvalue weighted by molar-refractivity contribution is -0.135. The van der Waals surface area contributed by atoms with Gasteiger partial charge in [-0.3, -0.25) is 4.79 Å². The van der Waals surface area contributed by atoms with Gasteiger partial charge >= 0.3 is 0 Å². The van der Waals surface area contributed by atoms with Gasteiger partial charge < -0.3 is 9.80 Å².